The summed E-state index contributed by atoms with van der Waals surface area (Å²) in [5.41, 5.74) is 0.918. The fourth-order valence-electron chi connectivity index (χ4n) is 4.85. The number of aliphatic hydroxyl groups is 1. The number of hydrogen-bond donors (Lipinski definition) is 3. The number of anilines is 2. The van der Waals surface area contributed by atoms with E-state index in [2.05, 4.69) is 15.5 Å². The highest BCUT2D eigenvalue weighted by atomic mass is 19.4. The van der Waals surface area contributed by atoms with Gasteiger partial charge in [-0.05, 0) is 55.9 Å². The van der Waals surface area contributed by atoms with Crippen LogP contribution in [0.2, 0.25) is 0 Å². The second-order valence-electron chi connectivity index (χ2n) is 10.6. The van der Waals surface area contributed by atoms with Gasteiger partial charge in [-0.25, -0.2) is 4.79 Å². The lowest BCUT2D eigenvalue weighted by atomic mass is 9.99. The summed E-state index contributed by atoms with van der Waals surface area (Å²) >= 11 is 0. The number of amides is 3. The van der Waals surface area contributed by atoms with Crippen LogP contribution in [0.15, 0.2) is 72.8 Å². The Labute approximate surface area is 243 Å². The maximum absolute atomic E-state index is 13.7. The first-order valence-corrected chi connectivity index (χ1v) is 13.7. The molecule has 3 aromatic carbocycles. The van der Waals surface area contributed by atoms with Crippen LogP contribution in [0.3, 0.4) is 0 Å². The number of fused-ring (bicyclic) bond motifs is 1. The highest BCUT2D eigenvalue weighted by molar-refractivity contribution is 6.04. The molecule has 0 saturated carbocycles. The summed E-state index contributed by atoms with van der Waals surface area (Å²) < 4.78 is 45.2. The molecule has 0 radical (unpaired) electrons. The van der Waals surface area contributed by atoms with Gasteiger partial charge in [0.25, 0.3) is 5.91 Å². The van der Waals surface area contributed by atoms with E-state index in [0.29, 0.717) is 19.6 Å². The van der Waals surface area contributed by atoms with E-state index in [1.165, 1.54) is 0 Å². The van der Waals surface area contributed by atoms with E-state index in [4.69, 9.17) is 4.74 Å². The number of carbonyl (C=O) groups excluding carboxylic acids is 2. The molecule has 3 amide bonds. The molecule has 42 heavy (non-hydrogen) atoms. The quantitative estimate of drug-likeness (QED) is 0.316. The number of benzene rings is 3. The number of halogens is 3. The maximum atomic E-state index is 13.7. The molecule has 8 nitrogen and oxygen atoms in total. The summed E-state index contributed by atoms with van der Waals surface area (Å²) in [4.78, 5) is 30.3. The number of nitrogens with zero attached hydrogens (tertiary/aromatic N) is 2. The van der Waals surface area contributed by atoms with Crippen LogP contribution in [0.1, 0.15) is 35.3 Å². The minimum absolute atomic E-state index is 0.136. The summed E-state index contributed by atoms with van der Waals surface area (Å²) in [6.07, 6.45) is -4.88. The Balaban J connectivity index is 1.60. The van der Waals surface area contributed by atoms with Crippen LogP contribution in [0.5, 0.6) is 5.75 Å². The van der Waals surface area contributed by atoms with Gasteiger partial charge in [0.05, 0.1) is 29.5 Å². The van der Waals surface area contributed by atoms with Gasteiger partial charge in [0.1, 0.15) is 6.10 Å². The maximum Gasteiger partial charge on any atom is 0.416 e. The van der Waals surface area contributed by atoms with Crippen molar-refractivity contribution >= 4 is 23.3 Å². The van der Waals surface area contributed by atoms with Gasteiger partial charge in [0, 0.05) is 31.2 Å². The van der Waals surface area contributed by atoms with Crippen molar-refractivity contribution in [2.75, 3.05) is 37.4 Å². The Morgan fingerprint density at radius 1 is 1.07 bits per heavy atom. The van der Waals surface area contributed by atoms with Crippen LogP contribution in [0.4, 0.5) is 29.3 Å². The first-order valence-electron chi connectivity index (χ1n) is 13.7. The molecule has 0 aliphatic carbocycles. The second-order valence-corrected chi connectivity index (χ2v) is 10.6. The van der Waals surface area contributed by atoms with Crippen molar-refractivity contribution in [2.45, 2.75) is 38.7 Å². The summed E-state index contributed by atoms with van der Waals surface area (Å²) in [6.45, 7) is 5.06. The number of nitrogens with one attached hydrogen (secondary N) is 2. The smallest absolute Gasteiger partial charge is 0.416 e. The highest BCUT2D eigenvalue weighted by Crippen LogP contribution is 2.35. The Morgan fingerprint density at radius 3 is 2.40 bits per heavy atom. The average molecular weight is 585 g/mol. The van der Waals surface area contributed by atoms with E-state index in [1.807, 2.05) is 44.3 Å². The first kappa shape index (κ1) is 30.9. The number of hydrogen-bond acceptors (Lipinski definition) is 5. The zero-order chi connectivity index (χ0) is 30.4. The van der Waals surface area contributed by atoms with Crippen molar-refractivity contribution in [3.8, 4) is 5.75 Å². The van der Waals surface area contributed by atoms with Crippen molar-refractivity contribution in [1.29, 1.82) is 0 Å². The number of ether oxygens (including phenoxy) is 1. The third kappa shape index (κ3) is 7.59. The van der Waals surface area contributed by atoms with Crippen LogP contribution in [0, 0.1) is 5.92 Å². The van der Waals surface area contributed by atoms with E-state index in [0.717, 1.165) is 29.8 Å². The van der Waals surface area contributed by atoms with Crippen molar-refractivity contribution in [3.63, 3.8) is 0 Å². The lowest BCUT2D eigenvalue weighted by Crippen LogP contribution is -2.49. The Hall–Kier alpha value is -4.09. The largest absolute Gasteiger partial charge is 0.486 e. The Morgan fingerprint density at radius 2 is 1.76 bits per heavy atom. The molecule has 3 aromatic rings. The van der Waals surface area contributed by atoms with Gasteiger partial charge in [0.2, 0.25) is 0 Å². The van der Waals surface area contributed by atoms with Crippen LogP contribution >= 0.6 is 0 Å². The normalized spacial score (nSPS) is 18.0. The molecule has 0 fully saturated rings. The molecule has 0 saturated heterocycles. The molecule has 4 rings (SSSR count). The topological polar surface area (TPSA) is 94.1 Å². The third-order valence-corrected chi connectivity index (χ3v) is 7.20. The zero-order valence-corrected chi connectivity index (χ0v) is 23.7. The van der Waals surface area contributed by atoms with Gasteiger partial charge in [0.15, 0.2) is 5.75 Å². The van der Waals surface area contributed by atoms with Gasteiger partial charge in [-0.3, -0.25) is 9.69 Å². The van der Waals surface area contributed by atoms with Gasteiger partial charge in [-0.2, -0.15) is 13.2 Å². The first-order chi connectivity index (χ1) is 20.0. The molecule has 0 spiro atoms. The second kappa shape index (κ2) is 13.3. The van der Waals surface area contributed by atoms with Crippen LogP contribution < -0.4 is 15.4 Å². The number of urea groups is 1. The minimum atomic E-state index is -4.49. The molecular weight excluding hydrogens is 549 g/mol. The highest BCUT2D eigenvalue weighted by Gasteiger charge is 2.35. The predicted octanol–water partition coefficient (Wildman–Crippen LogP) is 5.70. The molecule has 3 N–H and O–H groups in total. The number of likely N-dealkylation sites (N-methyl/N-ethyl adjacent to an activating group) is 1. The predicted molar refractivity (Wildman–Crippen MR) is 154 cm³/mol. The van der Waals surface area contributed by atoms with E-state index in [9.17, 15) is 27.9 Å². The summed E-state index contributed by atoms with van der Waals surface area (Å²) in [5, 5.41) is 15.1. The van der Waals surface area contributed by atoms with Gasteiger partial charge in [-0.15, -0.1) is 0 Å². The average Bonchev–Trinajstić information content (AvgIpc) is 2.95. The molecule has 11 heteroatoms. The number of alkyl halides is 3. The van der Waals surface area contributed by atoms with Crippen molar-refractivity contribution in [3.05, 3.63) is 89.5 Å². The van der Waals surface area contributed by atoms with Gasteiger partial charge in [-0.1, -0.05) is 43.3 Å². The van der Waals surface area contributed by atoms with Crippen molar-refractivity contribution < 1.29 is 32.6 Å². The van der Waals surface area contributed by atoms with E-state index in [-0.39, 0.29) is 47.2 Å². The fourth-order valence-corrected chi connectivity index (χ4v) is 4.85. The molecule has 0 bridgehead atoms. The van der Waals surface area contributed by atoms with Crippen LogP contribution in [-0.2, 0) is 12.7 Å². The van der Waals surface area contributed by atoms with Gasteiger partial charge >= 0.3 is 12.2 Å². The van der Waals surface area contributed by atoms with E-state index in [1.54, 1.807) is 30.0 Å². The molecule has 3 atom stereocenters. The van der Waals surface area contributed by atoms with E-state index < -0.39 is 23.8 Å². The monoisotopic (exact) mass is 584 g/mol. The number of rotatable bonds is 8. The zero-order valence-electron chi connectivity index (χ0n) is 23.7. The summed E-state index contributed by atoms with van der Waals surface area (Å²) in [7, 11) is 1.98. The SMILES string of the molecule is C[C@@H]1CN([C@@H](C)CO)C(=O)c2cccc(NC(=O)Nc3ccc(C(F)(F)F)cc3)c2O[C@H]1CN(C)Cc1ccccc1. The Bertz CT molecular complexity index is 1370. The number of carbonyl (C=O) groups is 2. The number of para-hydroxylation sites is 1. The van der Waals surface area contributed by atoms with Crippen LogP contribution in [-0.4, -0.2) is 65.7 Å². The standard InChI is InChI=1S/C31H35F3N4O4/c1-20-16-38(21(2)19-39)29(40)25-10-7-11-26(36-30(41)35-24-14-12-23(13-15-24)31(32,33)34)28(25)42-27(20)18-37(3)17-22-8-5-4-6-9-22/h4-15,20-21,27,39H,16-19H2,1-3H3,(H2,35,36,41)/t20-,21+,27+/m1/s1. The summed E-state index contributed by atoms with van der Waals surface area (Å²) in [5.74, 6) is -0.297. The molecule has 224 valence electrons. The van der Waals surface area contributed by atoms with Crippen molar-refractivity contribution in [2.24, 2.45) is 5.92 Å². The summed E-state index contributed by atoms with van der Waals surface area (Å²) in [6, 6.07) is 17.7. The minimum Gasteiger partial charge on any atom is -0.486 e. The Kier molecular flexibility index (Phi) is 9.74. The lowest BCUT2D eigenvalue weighted by Gasteiger charge is -2.38. The molecule has 1 aliphatic rings. The molecule has 0 aromatic heterocycles. The molecule has 1 aliphatic heterocycles. The fraction of sp³-hybridized carbons (Fsp3) is 0.355. The van der Waals surface area contributed by atoms with E-state index >= 15 is 0 Å². The molecule has 1 heterocycles. The van der Waals surface area contributed by atoms with Crippen molar-refractivity contribution in [1.82, 2.24) is 9.80 Å². The third-order valence-electron chi connectivity index (χ3n) is 7.20. The van der Waals surface area contributed by atoms with Gasteiger partial charge < -0.3 is 25.4 Å². The lowest BCUT2D eigenvalue weighted by molar-refractivity contribution is -0.137. The molecular formula is C31H35F3N4O4. The molecule has 0 unspecified atom stereocenters. The van der Waals surface area contributed by atoms with Crippen LogP contribution in [0.25, 0.3) is 0 Å². The number of aliphatic hydroxyl groups excluding tert-OH is 1.